The van der Waals surface area contributed by atoms with Gasteiger partial charge in [0, 0.05) is 17.9 Å². The van der Waals surface area contributed by atoms with E-state index >= 15 is 0 Å². The highest BCUT2D eigenvalue weighted by Crippen LogP contribution is 2.32. The maximum absolute atomic E-state index is 12.3. The van der Waals surface area contributed by atoms with Crippen LogP contribution in [0, 0.1) is 13.8 Å². The quantitative estimate of drug-likeness (QED) is 0.504. The van der Waals surface area contributed by atoms with Crippen molar-refractivity contribution < 1.29 is 23.9 Å². The fraction of sp³-hybridized carbons (Fsp3) is 0.250. The first-order valence-electron chi connectivity index (χ1n) is 10.2. The summed E-state index contributed by atoms with van der Waals surface area (Å²) < 4.78 is 10.3. The zero-order chi connectivity index (χ0) is 24.0. The monoisotopic (exact) mass is 467 g/mol. The van der Waals surface area contributed by atoms with Crippen molar-refractivity contribution in [1.29, 1.82) is 0 Å². The molecular weight excluding hydrogens is 442 g/mol. The van der Waals surface area contributed by atoms with E-state index in [1.807, 2.05) is 32.0 Å². The Kier molecular flexibility index (Phi) is 7.78. The Hall–Kier alpha value is -3.72. The molecule has 9 heteroatoms. The molecular formula is C24H25N3O5S. The molecule has 2 amide bonds. The van der Waals surface area contributed by atoms with Crippen LogP contribution in [0.1, 0.15) is 34.1 Å². The number of hydrogen-bond donors (Lipinski definition) is 1. The van der Waals surface area contributed by atoms with Crippen LogP contribution < -0.4 is 15.0 Å². The van der Waals surface area contributed by atoms with Gasteiger partial charge in [0.05, 0.1) is 18.5 Å². The van der Waals surface area contributed by atoms with Gasteiger partial charge in [0.15, 0.2) is 5.13 Å². The molecule has 3 rings (SSSR count). The lowest BCUT2D eigenvalue weighted by atomic mass is 10.1. The van der Waals surface area contributed by atoms with Gasteiger partial charge >= 0.3 is 5.97 Å². The number of anilines is 2. The van der Waals surface area contributed by atoms with Crippen LogP contribution in [0.5, 0.6) is 5.75 Å². The molecule has 172 valence electrons. The van der Waals surface area contributed by atoms with Crippen LogP contribution in [0.4, 0.5) is 10.8 Å². The minimum atomic E-state index is -0.593. The molecule has 0 unspecified atom stereocenters. The van der Waals surface area contributed by atoms with Crippen LogP contribution in [0.25, 0.3) is 0 Å². The van der Waals surface area contributed by atoms with E-state index < -0.39 is 11.9 Å². The predicted octanol–water partition coefficient (Wildman–Crippen LogP) is 3.93. The molecule has 0 bridgehead atoms. The number of carbonyl (C=O) groups excluding carboxylic acids is 3. The lowest BCUT2D eigenvalue weighted by Gasteiger charge is -2.21. The van der Waals surface area contributed by atoms with Crippen LogP contribution >= 0.6 is 11.3 Å². The van der Waals surface area contributed by atoms with E-state index in [0.717, 1.165) is 16.8 Å². The summed E-state index contributed by atoms with van der Waals surface area (Å²) in [6, 6.07) is 12.3. The highest BCUT2D eigenvalue weighted by atomic mass is 32.1. The third kappa shape index (κ3) is 5.95. The second-order valence-electron chi connectivity index (χ2n) is 7.27. The summed E-state index contributed by atoms with van der Waals surface area (Å²) in [4.78, 5) is 42.6. The average molecular weight is 468 g/mol. The van der Waals surface area contributed by atoms with Crippen LogP contribution in [-0.4, -0.2) is 36.4 Å². The summed E-state index contributed by atoms with van der Waals surface area (Å²) in [6.07, 6.45) is 0. The molecule has 0 saturated heterocycles. The molecule has 33 heavy (non-hydrogen) atoms. The summed E-state index contributed by atoms with van der Waals surface area (Å²) >= 11 is 1.29. The molecule has 0 aliphatic carbocycles. The lowest BCUT2D eigenvalue weighted by Crippen LogP contribution is -2.30. The third-order valence-corrected chi connectivity index (χ3v) is 5.86. The largest absolute Gasteiger partial charge is 0.497 e. The molecule has 1 heterocycles. The number of thiazole rings is 1. The first kappa shape index (κ1) is 23.9. The predicted molar refractivity (Wildman–Crippen MR) is 126 cm³/mol. The van der Waals surface area contributed by atoms with Gasteiger partial charge in [-0.15, -0.1) is 11.3 Å². The van der Waals surface area contributed by atoms with Crippen LogP contribution in [0.15, 0.2) is 47.8 Å². The number of nitrogens with zero attached hydrogens (tertiary/aromatic N) is 2. The van der Waals surface area contributed by atoms with Crippen LogP contribution in [0.2, 0.25) is 0 Å². The molecule has 0 aliphatic heterocycles. The first-order valence-corrected chi connectivity index (χ1v) is 11.1. The summed E-state index contributed by atoms with van der Waals surface area (Å²) in [5.74, 6) is -0.516. The van der Waals surface area contributed by atoms with E-state index in [-0.39, 0.29) is 19.1 Å². The minimum absolute atomic E-state index is 0.0632. The van der Waals surface area contributed by atoms with Gasteiger partial charge in [-0.05, 0) is 55.3 Å². The number of aryl methyl sites for hydroxylation is 1. The van der Waals surface area contributed by atoms with Crippen molar-refractivity contribution >= 4 is 39.9 Å². The van der Waals surface area contributed by atoms with Crippen molar-refractivity contribution in [2.45, 2.75) is 27.4 Å². The smallest absolute Gasteiger partial charge is 0.325 e. The number of rotatable bonds is 8. The maximum atomic E-state index is 12.3. The van der Waals surface area contributed by atoms with Gasteiger partial charge < -0.3 is 14.8 Å². The molecule has 1 aromatic heterocycles. The molecule has 8 nitrogen and oxygen atoms in total. The second kappa shape index (κ2) is 10.7. The Labute approximate surface area is 196 Å². The van der Waals surface area contributed by atoms with Crippen LogP contribution in [0.3, 0.4) is 0 Å². The van der Waals surface area contributed by atoms with E-state index in [9.17, 15) is 14.4 Å². The Bertz CT molecular complexity index is 1160. The van der Waals surface area contributed by atoms with Gasteiger partial charge in [-0.25, -0.2) is 4.98 Å². The number of amides is 2. The molecule has 1 N–H and O–H groups in total. The number of esters is 1. The number of aromatic nitrogens is 1. The molecule has 3 aromatic rings. The Morgan fingerprint density at radius 1 is 1.09 bits per heavy atom. The number of nitrogens with one attached hydrogen (secondary N) is 1. The summed E-state index contributed by atoms with van der Waals surface area (Å²) in [7, 11) is 1.54. The topological polar surface area (TPSA) is 97.8 Å². The molecule has 0 radical (unpaired) electrons. The summed E-state index contributed by atoms with van der Waals surface area (Å²) in [5, 5.41) is 4.75. The number of ether oxygens (including phenoxy) is 2. The molecule has 0 aliphatic rings. The average Bonchev–Trinajstić information content (AvgIpc) is 3.27. The number of hydrogen-bond acceptors (Lipinski definition) is 7. The van der Waals surface area contributed by atoms with E-state index in [0.29, 0.717) is 22.1 Å². The third-order valence-electron chi connectivity index (χ3n) is 4.99. The van der Waals surface area contributed by atoms with Gasteiger partial charge in [0.2, 0.25) is 5.91 Å². The molecule has 0 spiro atoms. The molecule has 0 saturated carbocycles. The zero-order valence-corrected chi connectivity index (χ0v) is 19.7. The van der Waals surface area contributed by atoms with Crippen molar-refractivity contribution in [2.75, 3.05) is 18.6 Å². The first-order chi connectivity index (χ1) is 15.8. The Morgan fingerprint density at radius 3 is 2.48 bits per heavy atom. The van der Waals surface area contributed by atoms with Gasteiger partial charge in [-0.1, -0.05) is 12.1 Å². The van der Waals surface area contributed by atoms with E-state index in [2.05, 4.69) is 10.3 Å². The van der Waals surface area contributed by atoms with Gasteiger partial charge in [0.1, 0.15) is 18.9 Å². The molecule has 2 aromatic carbocycles. The molecule has 0 fully saturated rings. The number of benzene rings is 2. The van der Waals surface area contributed by atoms with Crippen molar-refractivity contribution in [2.24, 2.45) is 0 Å². The fourth-order valence-corrected chi connectivity index (χ4v) is 3.92. The second-order valence-corrected chi connectivity index (χ2v) is 8.10. The standard InChI is InChI=1S/C24H25N3O5S/c1-15-6-5-7-21(16(15)2)27(17(3)28)24-26-19(14-33-24)13-32-22(29)12-25-23(30)18-8-10-20(31-4)11-9-18/h5-11,14H,12-13H2,1-4H3,(H,25,30). The number of carbonyl (C=O) groups is 3. The van der Waals surface area contributed by atoms with Crippen molar-refractivity contribution in [3.05, 3.63) is 70.2 Å². The fourth-order valence-electron chi connectivity index (χ4n) is 3.05. The van der Waals surface area contributed by atoms with Crippen LogP contribution in [-0.2, 0) is 20.9 Å². The lowest BCUT2D eigenvalue weighted by molar-refractivity contribution is -0.143. The zero-order valence-electron chi connectivity index (χ0n) is 18.9. The summed E-state index contributed by atoms with van der Waals surface area (Å²) in [5.41, 5.74) is 3.75. The summed E-state index contributed by atoms with van der Waals surface area (Å²) in [6.45, 7) is 5.08. The Balaban J connectivity index is 1.57. The van der Waals surface area contributed by atoms with E-state index in [1.165, 1.54) is 25.4 Å². The van der Waals surface area contributed by atoms with Gasteiger partial charge in [-0.2, -0.15) is 0 Å². The maximum Gasteiger partial charge on any atom is 0.325 e. The normalized spacial score (nSPS) is 10.4. The van der Waals surface area contributed by atoms with E-state index in [1.54, 1.807) is 34.5 Å². The highest BCUT2D eigenvalue weighted by molar-refractivity contribution is 7.14. The minimum Gasteiger partial charge on any atom is -0.497 e. The van der Waals surface area contributed by atoms with Gasteiger partial charge in [-0.3, -0.25) is 19.3 Å². The highest BCUT2D eigenvalue weighted by Gasteiger charge is 2.20. The van der Waals surface area contributed by atoms with Crippen molar-refractivity contribution in [1.82, 2.24) is 10.3 Å². The molecule has 0 atom stereocenters. The Morgan fingerprint density at radius 2 is 1.82 bits per heavy atom. The number of methoxy groups -OCH3 is 1. The van der Waals surface area contributed by atoms with Gasteiger partial charge in [0.25, 0.3) is 5.91 Å². The van der Waals surface area contributed by atoms with Crippen molar-refractivity contribution in [3.63, 3.8) is 0 Å². The SMILES string of the molecule is COc1ccc(C(=O)NCC(=O)OCc2csc(N(C(C)=O)c3cccc(C)c3C)n2)cc1. The van der Waals surface area contributed by atoms with E-state index in [4.69, 9.17) is 9.47 Å². The van der Waals surface area contributed by atoms with Crippen molar-refractivity contribution in [3.8, 4) is 5.75 Å².